The van der Waals surface area contributed by atoms with E-state index in [2.05, 4.69) is 25.9 Å². The van der Waals surface area contributed by atoms with Crippen LogP contribution in [-0.4, -0.2) is 25.5 Å². The minimum absolute atomic E-state index is 1.11. The Bertz CT molecular complexity index is 983. The molecule has 1 spiro atoms. The van der Waals surface area contributed by atoms with Crippen LogP contribution in [0.15, 0.2) is 0 Å². The summed E-state index contributed by atoms with van der Waals surface area (Å²) in [6.07, 6.45) is 1.65. The molecule has 10 aliphatic heterocycles. The number of fused-ring (bicyclic) bond motifs is 10. The van der Waals surface area contributed by atoms with Crippen molar-refractivity contribution >= 4 is 0 Å². The topological polar surface area (TPSA) is 3.24 Å². The van der Waals surface area contributed by atoms with Crippen molar-refractivity contribution in [1.82, 2.24) is 4.90 Å². The van der Waals surface area contributed by atoms with E-state index in [4.69, 9.17) is 0 Å². The first-order chi connectivity index (χ1) is 7.91. The van der Waals surface area contributed by atoms with Crippen LogP contribution in [0, 0.1) is 0 Å². The van der Waals surface area contributed by atoms with Gasteiger partial charge in [-0.15, -0.1) is 0 Å². The Kier molecular flexibility index (Phi) is 0.210. The van der Waals surface area contributed by atoms with Gasteiger partial charge in [0, 0.05) is 0 Å². The summed E-state index contributed by atoms with van der Waals surface area (Å²) in [5.74, 6) is 0. The maximum atomic E-state index is 2.60. The summed E-state index contributed by atoms with van der Waals surface area (Å²) in [5.41, 5.74) is 0. The second-order valence-corrected chi connectivity index (χ2v) is 35.1. The van der Waals surface area contributed by atoms with Gasteiger partial charge in [-0.2, -0.15) is 0 Å². The first-order valence-electron chi connectivity index (χ1n) is 7.77. The molecule has 10 heterocycles. The fourth-order valence-corrected chi connectivity index (χ4v) is 97.9. The van der Waals surface area contributed by atoms with Gasteiger partial charge in [-0.25, -0.2) is 0 Å². The molecule has 2 heteroatoms. The molecular weight excluding hydrogens is 250 g/mol. The molecule has 0 N–H and O–H groups in total. The van der Waals surface area contributed by atoms with Crippen LogP contribution < -0.4 is 0 Å². The fourth-order valence-electron chi connectivity index (χ4n) is 19.4. The summed E-state index contributed by atoms with van der Waals surface area (Å²) in [7, 11) is 4.73. The van der Waals surface area contributed by atoms with E-state index in [0.717, 1.165) is 8.63 Å². The third kappa shape index (κ3) is 0.0628. The fraction of sp³-hybridized carbons (Fsp3) is 1.00. The number of nitrogens with zero attached hydrogens (tertiary/aromatic N) is 1. The molecule has 1 nitrogen and oxygen atoms in total. The third-order valence-corrected chi connectivity index (χ3v) is 60.7. The molecule has 10 saturated heterocycles. The average Bonchev–Trinajstić information content (AvgIpc) is 3.22. The van der Waals surface area contributed by atoms with Gasteiger partial charge in [0.25, 0.3) is 0 Å². The molecule has 10 fully saturated rings. The first kappa shape index (κ1) is 6.77. The van der Waals surface area contributed by atoms with Crippen LogP contribution >= 0.6 is 0 Å². The standard InChI is InChI=1S/C8H12N.C7H9.Fe/c1-9(2)7-8-5-3-4-6-8;1-2-7-5-3-4-6-7;/h3-6H,7H2,1-2H3;3-6H,2H2,1H3;. The summed E-state index contributed by atoms with van der Waals surface area (Å²) in [6, 6.07) is 0. The molecule has 0 aliphatic carbocycles. The van der Waals surface area contributed by atoms with Crippen LogP contribution in [0.25, 0.3) is 0 Å². The predicted molar refractivity (Wildman–Crippen MR) is 64.2 cm³/mol. The van der Waals surface area contributed by atoms with E-state index in [-0.39, 0.29) is 0 Å². The second-order valence-electron chi connectivity index (χ2n) is 11.7. The summed E-state index contributed by atoms with van der Waals surface area (Å²) in [6.45, 7) is 1.31. The van der Waals surface area contributed by atoms with E-state index in [0.29, 0.717) is 0 Å². The summed E-state index contributed by atoms with van der Waals surface area (Å²) in [5, 5.41) is 0. The van der Waals surface area contributed by atoms with Crippen LogP contribution in [0.2, 0.25) is 47.2 Å². The Labute approximate surface area is 92.6 Å². The van der Waals surface area contributed by atoms with E-state index in [1.165, 1.54) is 38.5 Å². The molecule has 8 unspecified atom stereocenters. The van der Waals surface area contributed by atoms with Crippen LogP contribution in [-0.2, 0) is 6.51 Å². The van der Waals surface area contributed by atoms with E-state index in [9.17, 15) is 0 Å². The van der Waals surface area contributed by atoms with Crippen molar-refractivity contribution in [2.75, 3.05) is 20.6 Å². The van der Waals surface area contributed by atoms with Gasteiger partial charge in [-0.05, 0) is 0 Å². The quantitative estimate of drug-likeness (QED) is 0.699. The Morgan fingerprint density at radius 3 is 1.65 bits per heavy atom. The number of hydrogen-bond acceptors (Lipinski definition) is 1. The Balaban J connectivity index is 1.62. The van der Waals surface area contributed by atoms with Crippen molar-refractivity contribution < 1.29 is 6.51 Å². The zero-order valence-electron chi connectivity index (χ0n) is 10.8. The summed E-state index contributed by atoms with van der Waals surface area (Å²) in [4.78, 5) is 14.5. The predicted octanol–water partition coefficient (Wildman–Crippen LogP) is 4.09. The second kappa shape index (κ2) is 0.528. The zero-order valence-corrected chi connectivity index (χ0v) is 11.9. The molecule has 17 heavy (non-hydrogen) atoms. The summed E-state index contributed by atoms with van der Waals surface area (Å²) >= 11 is 0. The van der Waals surface area contributed by atoms with Crippen LogP contribution in [0.3, 0.4) is 0 Å². The average molecular weight is 271 g/mol. The van der Waals surface area contributed by atoms with Crippen LogP contribution in [0.1, 0.15) is 13.3 Å². The van der Waals surface area contributed by atoms with Crippen molar-refractivity contribution in [3.63, 3.8) is 0 Å². The van der Waals surface area contributed by atoms with Gasteiger partial charge in [0.1, 0.15) is 0 Å². The SMILES string of the molecule is CC[C]12[CH]3[CH]4[CH]5[CH]1[Fe]45321678[CH]2[CH]1[CH]6[C]7(CN(C)C)[CH]28. The zero-order chi connectivity index (χ0) is 10.9. The Hall–Kier alpha value is 0.479. The van der Waals surface area contributed by atoms with Gasteiger partial charge >= 0.3 is 92.6 Å². The Morgan fingerprint density at radius 1 is 0.882 bits per heavy atom. The van der Waals surface area contributed by atoms with Crippen LogP contribution in [0.4, 0.5) is 0 Å². The number of hydrogen-bond donors (Lipinski definition) is 0. The monoisotopic (exact) mass is 271 g/mol. The first-order valence-corrected chi connectivity index (χ1v) is 14.0. The molecule has 0 bridgehead atoms. The van der Waals surface area contributed by atoms with E-state index in [1.807, 2.05) is 0 Å². The number of rotatable bonds is 3. The molecule has 94 valence electrons. The third-order valence-electron chi connectivity index (χ3n) is 16.5. The van der Waals surface area contributed by atoms with E-state index in [1.54, 1.807) is 13.0 Å². The molecule has 0 aromatic rings. The molecule has 8 atom stereocenters. The molecule has 0 radical (unpaired) electrons. The minimum atomic E-state index is -2.86. The van der Waals surface area contributed by atoms with Crippen molar-refractivity contribution in [1.29, 1.82) is 0 Å². The van der Waals surface area contributed by atoms with E-state index < -0.39 is 6.51 Å². The normalized spacial score (nSPS) is 124. The van der Waals surface area contributed by atoms with E-state index >= 15 is 0 Å². The van der Waals surface area contributed by atoms with Gasteiger partial charge in [0.15, 0.2) is 0 Å². The maximum absolute atomic E-state index is 2.86. The molecule has 10 aliphatic rings. The Morgan fingerprint density at radius 2 is 1.35 bits per heavy atom. The van der Waals surface area contributed by atoms with Gasteiger partial charge in [0.2, 0.25) is 0 Å². The van der Waals surface area contributed by atoms with Crippen molar-refractivity contribution in [3.05, 3.63) is 0 Å². The molecule has 10 rings (SSSR count). The van der Waals surface area contributed by atoms with Crippen molar-refractivity contribution in [3.8, 4) is 0 Å². The van der Waals surface area contributed by atoms with Crippen molar-refractivity contribution in [2.45, 2.75) is 60.5 Å². The molecular formula is C15H21FeN. The molecule has 0 aromatic heterocycles. The summed E-state index contributed by atoms with van der Waals surface area (Å²) < 4.78 is 2.26. The van der Waals surface area contributed by atoms with Gasteiger partial charge in [0.05, 0.1) is 0 Å². The van der Waals surface area contributed by atoms with Gasteiger partial charge in [-0.1, -0.05) is 0 Å². The molecule has 0 saturated carbocycles. The van der Waals surface area contributed by atoms with Gasteiger partial charge in [-0.3, -0.25) is 0 Å². The molecule has 0 amide bonds. The van der Waals surface area contributed by atoms with Crippen molar-refractivity contribution in [2.24, 2.45) is 0 Å². The molecule has 0 aromatic carbocycles. The van der Waals surface area contributed by atoms with Gasteiger partial charge < -0.3 is 0 Å². The van der Waals surface area contributed by atoms with Crippen LogP contribution in [0.5, 0.6) is 0 Å².